The van der Waals surface area contributed by atoms with Gasteiger partial charge in [0.05, 0.1) is 0 Å². The lowest BCUT2D eigenvalue weighted by Gasteiger charge is -2.11. The number of nitroso groups, excluding NO2 is 1. The molecule has 0 N–H and O–H groups in total. The van der Waals surface area contributed by atoms with Crippen molar-refractivity contribution in [1.29, 1.82) is 0 Å². The second kappa shape index (κ2) is 4.53. The van der Waals surface area contributed by atoms with Crippen LogP contribution in [-0.4, -0.2) is 25.1 Å². The Labute approximate surface area is 99.3 Å². The van der Waals surface area contributed by atoms with Crippen molar-refractivity contribution in [2.75, 3.05) is 14.1 Å². The summed E-state index contributed by atoms with van der Waals surface area (Å²) in [5.41, 5.74) is 1.99. The summed E-state index contributed by atoms with van der Waals surface area (Å²) in [6, 6.07) is 5.06. The molecule has 1 aromatic rings. The van der Waals surface area contributed by atoms with Crippen molar-refractivity contribution in [2.45, 2.75) is 18.9 Å². The third-order valence-corrected chi connectivity index (χ3v) is 2.86. The molecule has 1 amide bonds. The number of aryl methyl sites for hydroxylation is 1. The van der Waals surface area contributed by atoms with Gasteiger partial charge in [0.15, 0.2) is 0 Å². The van der Waals surface area contributed by atoms with Crippen LogP contribution < -0.4 is 4.74 Å². The first kappa shape index (κ1) is 11.6. The number of hydrogen-bond donors (Lipinski definition) is 0. The van der Waals surface area contributed by atoms with E-state index in [1.54, 1.807) is 26.2 Å². The molecular formula is C12H14N2O3. The zero-order chi connectivity index (χ0) is 12.4. The van der Waals surface area contributed by atoms with Crippen LogP contribution in [0, 0.1) is 4.91 Å². The molecule has 90 valence electrons. The molecule has 5 heteroatoms. The van der Waals surface area contributed by atoms with Gasteiger partial charge in [-0.05, 0) is 36.1 Å². The smallest absolute Gasteiger partial charge is 0.410 e. The summed E-state index contributed by atoms with van der Waals surface area (Å²) in [4.78, 5) is 23.4. The highest BCUT2D eigenvalue weighted by Gasteiger charge is 2.24. The predicted molar refractivity (Wildman–Crippen MR) is 63.0 cm³/mol. The van der Waals surface area contributed by atoms with Crippen LogP contribution in [0.25, 0.3) is 0 Å². The number of nitrogens with zero attached hydrogens (tertiary/aromatic N) is 2. The maximum atomic E-state index is 11.4. The number of rotatable bonds is 2. The molecule has 1 unspecified atom stereocenters. The third kappa shape index (κ3) is 2.27. The van der Waals surface area contributed by atoms with Gasteiger partial charge in [0.1, 0.15) is 11.8 Å². The number of fused-ring (bicyclic) bond motifs is 1. The Hall–Kier alpha value is -1.91. The summed E-state index contributed by atoms with van der Waals surface area (Å²) in [5, 5.41) is 3.08. The Balaban J connectivity index is 2.22. The Morgan fingerprint density at radius 1 is 1.47 bits per heavy atom. The Bertz CT molecular complexity index is 457. The lowest BCUT2D eigenvalue weighted by molar-refractivity contribution is 0.172. The van der Waals surface area contributed by atoms with Gasteiger partial charge in [0, 0.05) is 14.1 Å². The van der Waals surface area contributed by atoms with Crippen LogP contribution >= 0.6 is 0 Å². The topological polar surface area (TPSA) is 59.0 Å². The number of amides is 1. The molecule has 0 aromatic heterocycles. The summed E-state index contributed by atoms with van der Waals surface area (Å²) < 4.78 is 5.14. The fourth-order valence-electron chi connectivity index (χ4n) is 1.92. The normalized spacial score (nSPS) is 17.4. The van der Waals surface area contributed by atoms with E-state index < -0.39 is 6.09 Å². The van der Waals surface area contributed by atoms with E-state index in [1.807, 2.05) is 6.07 Å². The highest BCUT2D eigenvalue weighted by Crippen LogP contribution is 2.36. The first-order valence-electron chi connectivity index (χ1n) is 5.46. The number of benzene rings is 1. The van der Waals surface area contributed by atoms with Crippen molar-refractivity contribution in [1.82, 2.24) is 4.90 Å². The van der Waals surface area contributed by atoms with Crippen LogP contribution in [0.2, 0.25) is 0 Å². The molecule has 1 aromatic carbocycles. The average molecular weight is 234 g/mol. The molecule has 1 aliphatic carbocycles. The van der Waals surface area contributed by atoms with Gasteiger partial charge in [-0.25, -0.2) is 4.79 Å². The van der Waals surface area contributed by atoms with Gasteiger partial charge in [-0.1, -0.05) is 11.2 Å². The molecule has 17 heavy (non-hydrogen) atoms. The van der Waals surface area contributed by atoms with Crippen LogP contribution in [0.15, 0.2) is 23.4 Å². The largest absolute Gasteiger partial charge is 0.414 e. The molecule has 5 nitrogen and oxygen atoms in total. The number of carbonyl (C=O) groups excluding carboxylic acids is 1. The van der Waals surface area contributed by atoms with E-state index in [0.717, 1.165) is 24.0 Å². The van der Waals surface area contributed by atoms with Crippen LogP contribution in [0.3, 0.4) is 0 Å². The standard InChI is InChI=1S/C12H14N2O3/c1-14(2)12(15)17-9-5-3-8-4-6-11(13-16)10(8)7-9/h3,5,7,11H,4,6H2,1-2H3. The fraction of sp³-hybridized carbons (Fsp3) is 0.417. The first-order valence-corrected chi connectivity index (χ1v) is 5.46. The van der Waals surface area contributed by atoms with Crippen molar-refractivity contribution in [3.8, 4) is 5.75 Å². The predicted octanol–water partition coefficient (Wildman–Crippen LogP) is 2.50. The Morgan fingerprint density at radius 3 is 2.88 bits per heavy atom. The van der Waals surface area contributed by atoms with E-state index in [0.29, 0.717) is 5.75 Å². The highest BCUT2D eigenvalue weighted by atomic mass is 16.6. The van der Waals surface area contributed by atoms with Gasteiger partial charge >= 0.3 is 6.09 Å². The summed E-state index contributed by atoms with van der Waals surface area (Å²) in [6.45, 7) is 0. The number of ether oxygens (including phenoxy) is 1. The lowest BCUT2D eigenvalue weighted by Crippen LogP contribution is -2.25. The number of carbonyl (C=O) groups is 1. The van der Waals surface area contributed by atoms with Crippen LogP contribution in [0.5, 0.6) is 5.75 Å². The van der Waals surface area contributed by atoms with Gasteiger partial charge in [0.2, 0.25) is 0 Å². The van der Waals surface area contributed by atoms with Gasteiger partial charge in [-0.15, -0.1) is 0 Å². The van der Waals surface area contributed by atoms with Crippen molar-refractivity contribution >= 4 is 6.09 Å². The SMILES string of the molecule is CN(C)C(=O)Oc1ccc2c(c1)C(N=O)CC2. The quantitative estimate of drug-likeness (QED) is 0.738. The molecule has 0 saturated heterocycles. The van der Waals surface area contributed by atoms with Crippen molar-refractivity contribution in [3.63, 3.8) is 0 Å². The molecule has 1 aliphatic rings. The molecule has 0 bridgehead atoms. The van der Waals surface area contributed by atoms with Crippen molar-refractivity contribution in [2.24, 2.45) is 5.18 Å². The number of hydrogen-bond acceptors (Lipinski definition) is 4. The lowest BCUT2D eigenvalue weighted by atomic mass is 10.1. The monoisotopic (exact) mass is 234 g/mol. The third-order valence-electron chi connectivity index (χ3n) is 2.86. The molecule has 0 saturated carbocycles. The minimum Gasteiger partial charge on any atom is -0.410 e. The van der Waals surface area contributed by atoms with Gasteiger partial charge < -0.3 is 9.64 Å². The first-order chi connectivity index (χ1) is 8.11. The van der Waals surface area contributed by atoms with E-state index >= 15 is 0 Å². The molecular weight excluding hydrogens is 220 g/mol. The Kier molecular flexibility index (Phi) is 3.08. The maximum absolute atomic E-state index is 11.4. The van der Waals surface area contributed by atoms with Gasteiger partial charge in [0.25, 0.3) is 0 Å². The second-order valence-corrected chi connectivity index (χ2v) is 4.28. The zero-order valence-corrected chi connectivity index (χ0v) is 9.84. The molecule has 2 rings (SSSR count). The molecule has 0 heterocycles. The van der Waals surface area contributed by atoms with Gasteiger partial charge in [-0.2, -0.15) is 4.91 Å². The van der Waals surface area contributed by atoms with Crippen molar-refractivity contribution in [3.05, 3.63) is 34.2 Å². The van der Waals surface area contributed by atoms with E-state index in [4.69, 9.17) is 4.74 Å². The van der Waals surface area contributed by atoms with Crippen LogP contribution in [0.4, 0.5) is 4.79 Å². The van der Waals surface area contributed by atoms with Crippen LogP contribution in [-0.2, 0) is 6.42 Å². The van der Waals surface area contributed by atoms with E-state index in [-0.39, 0.29) is 6.04 Å². The second-order valence-electron chi connectivity index (χ2n) is 4.28. The summed E-state index contributed by atoms with van der Waals surface area (Å²) in [6.07, 6.45) is 1.16. The fourth-order valence-corrected chi connectivity index (χ4v) is 1.92. The highest BCUT2D eigenvalue weighted by molar-refractivity contribution is 5.70. The zero-order valence-electron chi connectivity index (χ0n) is 9.84. The summed E-state index contributed by atoms with van der Waals surface area (Å²) in [5.74, 6) is 0.456. The van der Waals surface area contributed by atoms with Gasteiger partial charge in [-0.3, -0.25) is 0 Å². The van der Waals surface area contributed by atoms with Crippen LogP contribution in [0.1, 0.15) is 23.6 Å². The van der Waals surface area contributed by atoms with E-state index in [9.17, 15) is 9.70 Å². The minimum absolute atomic E-state index is 0.303. The summed E-state index contributed by atoms with van der Waals surface area (Å²) >= 11 is 0. The van der Waals surface area contributed by atoms with E-state index in [1.165, 1.54) is 4.90 Å². The molecule has 0 aliphatic heterocycles. The summed E-state index contributed by atoms with van der Waals surface area (Å²) in [7, 11) is 3.23. The molecule has 1 atom stereocenters. The molecule has 0 fully saturated rings. The van der Waals surface area contributed by atoms with E-state index in [2.05, 4.69) is 5.18 Å². The Morgan fingerprint density at radius 2 is 2.24 bits per heavy atom. The average Bonchev–Trinajstić information content (AvgIpc) is 2.71. The van der Waals surface area contributed by atoms with Crippen molar-refractivity contribution < 1.29 is 9.53 Å². The molecule has 0 radical (unpaired) electrons. The molecule has 0 spiro atoms. The minimum atomic E-state index is -0.432. The maximum Gasteiger partial charge on any atom is 0.414 e.